The Balaban J connectivity index is 1.55. The summed E-state index contributed by atoms with van der Waals surface area (Å²) in [6, 6.07) is 9.02. The van der Waals surface area contributed by atoms with E-state index in [0.717, 1.165) is 24.8 Å². The molecule has 2 fully saturated rings. The molecule has 4 heterocycles. The molecule has 4 aliphatic heterocycles. The number of carbonyl (C=O) groups excluding carboxylic acids is 3. The summed E-state index contributed by atoms with van der Waals surface area (Å²) in [6.07, 6.45) is 11.4. The lowest BCUT2D eigenvalue weighted by Crippen LogP contribution is -2.56. The highest BCUT2D eigenvalue weighted by atomic mass is 16.5. The lowest BCUT2D eigenvalue weighted by Gasteiger charge is -2.38. The van der Waals surface area contributed by atoms with Crippen LogP contribution in [0.2, 0.25) is 0 Å². The van der Waals surface area contributed by atoms with E-state index < -0.39 is 29.1 Å². The van der Waals surface area contributed by atoms with E-state index in [1.54, 1.807) is 21.7 Å². The third kappa shape index (κ3) is 4.28. The van der Waals surface area contributed by atoms with Gasteiger partial charge in [0.2, 0.25) is 17.7 Å². The van der Waals surface area contributed by atoms with Crippen LogP contribution in [0.5, 0.6) is 0 Å². The summed E-state index contributed by atoms with van der Waals surface area (Å²) in [5.74, 6) is -1.88. The number of carbonyl (C=O) groups is 3. The van der Waals surface area contributed by atoms with E-state index in [1.807, 2.05) is 61.6 Å². The van der Waals surface area contributed by atoms with E-state index in [2.05, 4.69) is 0 Å². The van der Waals surface area contributed by atoms with Gasteiger partial charge in [0.25, 0.3) is 0 Å². The summed E-state index contributed by atoms with van der Waals surface area (Å²) in [5.41, 5.74) is -1.12. The molecule has 0 aromatic heterocycles. The highest BCUT2D eigenvalue weighted by molar-refractivity contribution is 6.00. The number of rotatable bonds is 9. The molecule has 1 spiro atoms. The lowest BCUT2D eigenvalue weighted by atomic mass is 9.73. The van der Waals surface area contributed by atoms with Crippen LogP contribution < -0.4 is 0 Å². The number of unbranched alkanes of at least 4 members (excludes halogenated alkanes) is 3. The number of likely N-dealkylation sites (tertiary alicyclic amines) is 1. The molecule has 0 aliphatic carbocycles. The molecular weight excluding hydrogens is 482 g/mol. The first kappa shape index (κ1) is 26.6. The zero-order chi connectivity index (χ0) is 26.9. The Labute approximate surface area is 224 Å². The third-order valence-corrected chi connectivity index (χ3v) is 8.75. The van der Waals surface area contributed by atoms with Crippen LogP contribution in [0, 0.1) is 11.8 Å². The molecule has 1 unspecified atom stereocenters. The van der Waals surface area contributed by atoms with Crippen molar-refractivity contribution >= 4 is 17.7 Å². The molecule has 8 nitrogen and oxygen atoms in total. The number of amides is 3. The summed E-state index contributed by atoms with van der Waals surface area (Å²) in [4.78, 5) is 47.5. The SMILES string of the molecule is CC[C@@]12C=CCN(C)C(=O)[C@@H]1[C@H]1C(=O)N(CCCCCCO)C3C(=O)N(Cc4ccccc4)CC=C[C@@]31O2. The Morgan fingerprint density at radius 1 is 0.921 bits per heavy atom. The first-order chi connectivity index (χ1) is 18.4. The zero-order valence-electron chi connectivity index (χ0n) is 22.4. The van der Waals surface area contributed by atoms with Crippen LogP contribution in [0.1, 0.15) is 44.6 Å². The molecular formula is C30H39N3O5. The maximum Gasteiger partial charge on any atom is 0.249 e. The van der Waals surface area contributed by atoms with Gasteiger partial charge in [0.15, 0.2) is 0 Å². The predicted octanol–water partition coefficient (Wildman–Crippen LogP) is 2.53. The van der Waals surface area contributed by atoms with Crippen molar-refractivity contribution in [2.75, 3.05) is 33.3 Å². The van der Waals surface area contributed by atoms with Gasteiger partial charge in [-0.1, -0.05) is 74.4 Å². The molecule has 204 valence electrons. The predicted molar refractivity (Wildman–Crippen MR) is 143 cm³/mol. The van der Waals surface area contributed by atoms with E-state index in [9.17, 15) is 14.4 Å². The van der Waals surface area contributed by atoms with Gasteiger partial charge in [0.1, 0.15) is 11.6 Å². The van der Waals surface area contributed by atoms with E-state index >= 15 is 0 Å². The first-order valence-corrected chi connectivity index (χ1v) is 13.9. The molecule has 0 bridgehead atoms. The molecule has 8 heteroatoms. The number of ether oxygens (including phenoxy) is 1. The highest BCUT2D eigenvalue weighted by Crippen LogP contribution is 2.58. The Morgan fingerprint density at radius 3 is 2.39 bits per heavy atom. The average molecular weight is 522 g/mol. The largest absolute Gasteiger partial charge is 0.396 e. The van der Waals surface area contributed by atoms with Gasteiger partial charge in [0.05, 0.1) is 17.4 Å². The molecule has 5 atom stereocenters. The molecule has 1 aromatic rings. The van der Waals surface area contributed by atoms with Crippen LogP contribution >= 0.6 is 0 Å². The summed E-state index contributed by atoms with van der Waals surface area (Å²) in [5, 5.41) is 9.14. The summed E-state index contributed by atoms with van der Waals surface area (Å²) in [7, 11) is 1.76. The first-order valence-electron chi connectivity index (χ1n) is 13.9. The average Bonchev–Trinajstić information content (AvgIpc) is 3.22. The van der Waals surface area contributed by atoms with Crippen molar-refractivity contribution < 1.29 is 24.2 Å². The van der Waals surface area contributed by atoms with Crippen molar-refractivity contribution in [3.63, 3.8) is 0 Å². The molecule has 5 rings (SSSR count). The van der Waals surface area contributed by atoms with Crippen molar-refractivity contribution in [2.45, 2.75) is 62.8 Å². The van der Waals surface area contributed by atoms with Gasteiger partial charge < -0.3 is 24.5 Å². The van der Waals surface area contributed by atoms with E-state index in [1.165, 1.54) is 0 Å². The van der Waals surface area contributed by atoms with Crippen molar-refractivity contribution in [1.29, 1.82) is 0 Å². The number of hydrogen-bond donors (Lipinski definition) is 1. The van der Waals surface area contributed by atoms with Crippen molar-refractivity contribution in [2.24, 2.45) is 11.8 Å². The maximum absolute atomic E-state index is 14.3. The normalized spacial score (nSPS) is 32.3. The van der Waals surface area contributed by atoms with Crippen LogP contribution in [0.4, 0.5) is 0 Å². The second kappa shape index (κ2) is 10.7. The van der Waals surface area contributed by atoms with Gasteiger partial charge in [-0.3, -0.25) is 14.4 Å². The van der Waals surface area contributed by atoms with Crippen molar-refractivity contribution in [3.8, 4) is 0 Å². The van der Waals surface area contributed by atoms with Gasteiger partial charge in [0, 0.05) is 39.8 Å². The van der Waals surface area contributed by atoms with E-state index in [0.29, 0.717) is 39.0 Å². The Bertz CT molecular complexity index is 1120. The smallest absolute Gasteiger partial charge is 0.249 e. The van der Waals surface area contributed by atoms with Crippen LogP contribution in [0.15, 0.2) is 54.6 Å². The minimum absolute atomic E-state index is 0.109. The summed E-state index contributed by atoms with van der Waals surface area (Å²) >= 11 is 0. The molecule has 1 aromatic carbocycles. The molecule has 0 saturated carbocycles. The number of benzene rings is 1. The fourth-order valence-corrected chi connectivity index (χ4v) is 6.86. The highest BCUT2D eigenvalue weighted by Gasteiger charge is 2.75. The van der Waals surface area contributed by atoms with Crippen LogP contribution in [0.25, 0.3) is 0 Å². The van der Waals surface area contributed by atoms with E-state index in [4.69, 9.17) is 9.84 Å². The van der Waals surface area contributed by atoms with Gasteiger partial charge in [-0.25, -0.2) is 0 Å². The Morgan fingerprint density at radius 2 is 1.66 bits per heavy atom. The number of aliphatic hydroxyl groups is 1. The molecule has 38 heavy (non-hydrogen) atoms. The Kier molecular flexibility index (Phi) is 7.47. The van der Waals surface area contributed by atoms with Crippen molar-refractivity contribution in [3.05, 3.63) is 60.2 Å². The number of aliphatic hydroxyl groups excluding tert-OH is 1. The summed E-state index contributed by atoms with van der Waals surface area (Å²) in [6.45, 7) is 3.85. The van der Waals surface area contributed by atoms with Crippen molar-refractivity contribution in [1.82, 2.24) is 14.7 Å². The second-order valence-electron chi connectivity index (χ2n) is 11.0. The lowest BCUT2D eigenvalue weighted by molar-refractivity contribution is -0.154. The number of hydrogen-bond acceptors (Lipinski definition) is 5. The molecule has 1 N–H and O–H groups in total. The van der Waals surface area contributed by atoms with Gasteiger partial charge in [-0.05, 0) is 24.8 Å². The van der Waals surface area contributed by atoms with Gasteiger partial charge >= 0.3 is 0 Å². The summed E-state index contributed by atoms with van der Waals surface area (Å²) < 4.78 is 6.95. The third-order valence-electron chi connectivity index (χ3n) is 8.75. The number of likely N-dealkylation sites (N-methyl/N-ethyl adjacent to an activating group) is 1. The fourth-order valence-electron chi connectivity index (χ4n) is 6.86. The Hall–Kier alpha value is -2.97. The molecule has 3 amide bonds. The maximum atomic E-state index is 14.3. The van der Waals surface area contributed by atoms with Gasteiger partial charge in [-0.2, -0.15) is 0 Å². The molecule has 0 radical (unpaired) electrons. The minimum atomic E-state index is -1.20. The molecule has 2 saturated heterocycles. The number of nitrogens with zero attached hydrogens (tertiary/aromatic N) is 3. The molecule has 4 aliphatic rings. The quantitative estimate of drug-likeness (QED) is 0.399. The van der Waals surface area contributed by atoms with Gasteiger partial charge in [-0.15, -0.1) is 0 Å². The van der Waals surface area contributed by atoms with Crippen LogP contribution in [-0.4, -0.2) is 88.1 Å². The monoisotopic (exact) mass is 521 g/mol. The number of fused-ring (bicyclic) bond motifs is 2. The standard InChI is InChI=1S/C30H39N3O5/c1-3-29-15-11-17-31(2)26(35)23(29)24-27(36)33(19-9-4-5-10-20-34)25-28(37)32(18-12-16-30(24,25)38-29)21-22-13-7-6-8-14-22/h6-8,11-16,23-25,34H,3-5,9-10,17-21H2,1-2H3/t23-,24-,25?,29+,30-/m0/s1. The van der Waals surface area contributed by atoms with Crippen LogP contribution in [0.3, 0.4) is 0 Å². The fraction of sp³-hybridized carbons (Fsp3) is 0.567. The topological polar surface area (TPSA) is 90.4 Å². The minimum Gasteiger partial charge on any atom is -0.396 e. The van der Waals surface area contributed by atoms with Crippen LogP contribution in [-0.2, 0) is 25.7 Å². The van der Waals surface area contributed by atoms with E-state index in [-0.39, 0.29) is 24.3 Å². The second-order valence-corrected chi connectivity index (χ2v) is 11.0. The zero-order valence-corrected chi connectivity index (χ0v) is 22.4.